The van der Waals surface area contributed by atoms with Crippen molar-refractivity contribution >= 4 is 11.9 Å². The Kier molecular flexibility index (Phi) is 4.33. The summed E-state index contributed by atoms with van der Waals surface area (Å²) in [6.07, 6.45) is 1.43. The molecule has 16 heavy (non-hydrogen) atoms. The van der Waals surface area contributed by atoms with E-state index in [9.17, 15) is 9.59 Å². The number of carbonyl (C=O) groups excluding carboxylic acids is 2. The molecule has 0 amide bonds. The zero-order chi connectivity index (χ0) is 12.3. The van der Waals surface area contributed by atoms with Gasteiger partial charge in [-0.05, 0) is 46.5 Å². The van der Waals surface area contributed by atoms with Crippen molar-refractivity contribution < 1.29 is 19.1 Å². The molecule has 4 nitrogen and oxygen atoms in total. The van der Waals surface area contributed by atoms with Gasteiger partial charge < -0.3 is 9.47 Å². The molecule has 1 saturated carbocycles. The minimum absolute atomic E-state index is 0.123. The van der Waals surface area contributed by atoms with Crippen molar-refractivity contribution in [3.63, 3.8) is 0 Å². The van der Waals surface area contributed by atoms with Gasteiger partial charge in [0.25, 0.3) is 0 Å². The molecule has 1 aliphatic carbocycles. The molecule has 0 aromatic carbocycles. The third kappa shape index (κ3) is 3.83. The van der Waals surface area contributed by atoms with Crippen molar-refractivity contribution in [3.8, 4) is 0 Å². The van der Waals surface area contributed by atoms with Gasteiger partial charge in [-0.3, -0.25) is 9.59 Å². The van der Waals surface area contributed by atoms with Crippen LogP contribution in [0.15, 0.2) is 0 Å². The second-order valence-electron chi connectivity index (χ2n) is 4.79. The molecule has 0 aromatic rings. The first-order valence-electron chi connectivity index (χ1n) is 5.82. The molecule has 0 aromatic heterocycles. The Morgan fingerprint density at radius 2 is 1.31 bits per heavy atom. The van der Waals surface area contributed by atoms with E-state index in [1.165, 1.54) is 0 Å². The predicted octanol–water partition coefficient (Wildman–Crippen LogP) is 1.92. The van der Waals surface area contributed by atoms with Crippen LogP contribution < -0.4 is 0 Å². The molecule has 92 valence electrons. The fourth-order valence-corrected chi connectivity index (χ4v) is 1.52. The van der Waals surface area contributed by atoms with Gasteiger partial charge in [-0.25, -0.2) is 0 Å². The van der Waals surface area contributed by atoms with Gasteiger partial charge in [0.05, 0.1) is 12.2 Å². The van der Waals surface area contributed by atoms with E-state index in [0.29, 0.717) is 0 Å². The molecule has 1 aliphatic rings. The van der Waals surface area contributed by atoms with Gasteiger partial charge in [-0.1, -0.05) is 0 Å². The summed E-state index contributed by atoms with van der Waals surface area (Å²) in [5.41, 5.74) is 0. The lowest BCUT2D eigenvalue weighted by Gasteiger charge is -2.17. The van der Waals surface area contributed by atoms with Crippen molar-refractivity contribution in [2.45, 2.75) is 52.7 Å². The van der Waals surface area contributed by atoms with Crippen molar-refractivity contribution in [1.29, 1.82) is 0 Å². The van der Waals surface area contributed by atoms with E-state index in [4.69, 9.17) is 9.47 Å². The van der Waals surface area contributed by atoms with E-state index < -0.39 is 17.9 Å². The predicted molar refractivity (Wildman–Crippen MR) is 58.7 cm³/mol. The van der Waals surface area contributed by atoms with E-state index >= 15 is 0 Å². The van der Waals surface area contributed by atoms with Crippen LogP contribution in [0.3, 0.4) is 0 Å². The maximum absolute atomic E-state index is 11.7. The Balaban J connectivity index is 2.59. The van der Waals surface area contributed by atoms with Gasteiger partial charge in [0.2, 0.25) is 0 Å². The smallest absolute Gasteiger partial charge is 0.320 e. The minimum atomic E-state index is -0.718. The summed E-state index contributed by atoms with van der Waals surface area (Å²) in [6.45, 7) is 7.09. The first-order chi connectivity index (χ1) is 7.41. The average molecular weight is 228 g/mol. The molecule has 0 radical (unpaired) electrons. The fraction of sp³-hybridized carbons (Fsp3) is 0.833. The molecule has 0 spiro atoms. The standard InChI is InChI=1S/C12H20O4/c1-7(2)15-11(13)10(9-5-6-9)12(14)16-8(3)4/h7-10H,5-6H2,1-4H3. The maximum Gasteiger partial charge on any atom is 0.320 e. The fourth-order valence-electron chi connectivity index (χ4n) is 1.52. The molecule has 0 atom stereocenters. The van der Waals surface area contributed by atoms with Crippen LogP contribution in [0.1, 0.15) is 40.5 Å². The minimum Gasteiger partial charge on any atom is -0.462 e. The molecule has 0 aliphatic heterocycles. The topological polar surface area (TPSA) is 52.6 Å². The lowest BCUT2D eigenvalue weighted by Crippen LogP contribution is -2.32. The second kappa shape index (κ2) is 5.32. The molecule has 0 unspecified atom stereocenters. The molecule has 0 heterocycles. The van der Waals surface area contributed by atoms with Gasteiger partial charge in [0, 0.05) is 0 Å². The zero-order valence-corrected chi connectivity index (χ0v) is 10.4. The first kappa shape index (κ1) is 13.0. The monoisotopic (exact) mass is 228 g/mol. The van der Waals surface area contributed by atoms with Gasteiger partial charge in [-0.2, -0.15) is 0 Å². The summed E-state index contributed by atoms with van der Waals surface area (Å²) in [5, 5.41) is 0. The summed E-state index contributed by atoms with van der Waals surface area (Å²) in [4.78, 5) is 23.5. The summed E-state index contributed by atoms with van der Waals surface area (Å²) >= 11 is 0. The van der Waals surface area contributed by atoms with Crippen molar-refractivity contribution in [2.75, 3.05) is 0 Å². The lowest BCUT2D eigenvalue weighted by atomic mass is 10.0. The largest absolute Gasteiger partial charge is 0.462 e. The van der Waals surface area contributed by atoms with E-state index in [0.717, 1.165) is 12.8 Å². The van der Waals surface area contributed by atoms with Gasteiger partial charge in [0.15, 0.2) is 5.92 Å². The Hall–Kier alpha value is -1.06. The summed E-state index contributed by atoms with van der Waals surface area (Å²) in [7, 11) is 0. The second-order valence-corrected chi connectivity index (χ2v) is 4.79. The Bertz CT molecular complexity index is 244. The molecule has 0 bridgehead atoms. The molecule has 4 heteroatoms. The van der Waals surface area contributed by atoms with E-state index in [1.54, 1.807) is 27.7 Å². The summed E-state index contributed by atoms with van der Waals surface area (Å²) < 4.78 is 10.2. The lowest BCUT2D eigenvalue weighted by molar-refractivity contribution is -0.167. The third-order valence-corrected chi connectivity index (χ3v) is 2.30. The number of rotatable bonds is 5. The number of ether oxygens (including phenoxy) is 2. The highest BCUT2D eigenvalue weighted by Gasteiger charge is 2.44. The van der Waals surface area contributed by atoms with Crippen LogP contribution in [0.25, 0.3) is 0 Å². The van der Waals surface area contributed by atoms with Crippen LogP contribution >= 0.6 is 0 Å². The van der Waals surface area contributed by atoms with Crippen LogP contribution in [0.5, 0.6) is 0 Å². The van der Waals surface area contributed by atoms with E-state index in [2.05, 4.69) is 0 Å². The highest BCUT2D eigenvalue weighted by Crippen LogP contribution is 2.38. The molecular formula is C12H20O4. The molecule has 0 N–H and O–H groups in total. The van der Waals surface area contributed by atoms with Gasteiger partial charge >= 0.3 is 11.9 Å². The van der Waals surface area contributed by atoms with Gasteiger partial charge in [-0.15, -0.1) is 0 Å². The molecule has 0 saturated heterocycles. The van der Waals surface area contributed by atoms with Crippen LogP contribution in [0.4, 0.5) is 0 Å². The molecule has 1 rings (SSSR count). The van der Waals surface area contributed by atoms with Crippen LogP contribution in [-0.2, 0) is 19.1 Å². The summed E-state index contributed by atoms with van der Waals surface area (Å²) in [5.74, 6) is -1.48. The Morgan fingerprint density at radius 1 is 0.938 bits per heavy atom. The third-order valence-electron chi connectivity index (χ3n) is 2.30. The molecule has 1 fully saturated rings. The van der Waals surface area contributed by atoms with Crippen LogP contribution in [0, 0.1) is 11.8 Å². The Morgan fingerprint density at radius 3 is 1.56 bits per heavy atom. The number of carbonyl (C=O) groups is 2. The van der Waals surface area contributed by atoms with Crippen molar-refractivity contribution in [1.82, 2.24) is 0 Å². The quantitative estimate of drug-likeness (QED) is 0.533. The van der Waals surface area contributed by atoms with Gasteiger partial charge in [0.1, 0.15) is 0 Å². The highest BCUT2D eigenvalue weighted by molar-refractivity contribution is 5.95. The van der Waals surface area contributed by atoms with Crippen LogP contribution in [0.2, 0.25) is 0 Å². The Labute approximate surface area is 96.3 Å². The number of hydrogen-bond donors (Lipinski definition) is 0. The zero-order valence-electron chi connectivity index (χ0n) is 10.4. The van der Waals surface area contributed by atoms with Crippen molar-refractivity contribution in [2.24, 2.45) is 11.8 Å². The maximum atomic E-state index is 11.7. The van der Waals surface area contributed by atoms with Crippen molar-refractivity contribution in [3.05, 3.63) is 0 Å². The van der Waals surface area contributed by atoms with E-state index in [1.807, 2.05) is 0 Å². The number of esters is 2. The SMILES string of the molecule is CC(C)OC(=O)C(C(=O)OC(C)C)C1CC1. The summed E-state index contributed by atoms with van der Waals surface area (Å²) in [6, 6.07) is 0. The first-order valence-corrected chi connectivity index (χ1v) is 5.82. The normalized spacial score (nSPS) is 15.7. The highest BCUT2D eigenvalue weighted by atomic mass is 16.6. The van der Waals surface area contributed by atoms with Crippen LogP contribution in [-0.4, -0.2) is 24.1 Å². The average Bonchev–Trinajstić information content (AvgIpc) is 2.84. The molecular weight excluding hydrogens is 208 g/mol. The number of hydrogen-bond acceptors (Lipinski definition) is 4. The van der Waals surface area contributed by atoms with E-state index in [-0.39, 0.29) is 18.1 Å².